The number of carbonyl (C=O) groups is 2. The maximum Gasteiger partial charge on any atom is 0.349 e. The molecule has 184 valence electrons. The lowest BCUT2D eigenvalue weighted by molar-refractivity contribution is -0.150. The van der Waals surface area contributed by atoms with E-state index in [1.165, 1.54) is 18.2 Å². The molecule has 6 nitrogen and oxygen atoms in total. The summed E-state index contributed by atoms with van der Waals surface area (Å²) in [5.41, 5.74) is -0.977. The number of halogens is 2. The van der Waals surface area contributed by atoms with Crippen molar-refractivity contribution in [3.63, 3.8) is 0 Å². The fourth-order valence-electron chi connectivity index (χ4n) is 3.73. The van der Waals surface area contributed by atoms with Crippen LogP contribution in [0.3, 0.4) is 0 Å². The highest BCUT2D eigenvalue weighted by Crippen LogP contribution is 2.60. The Morgan fingerprint density at radius 3 is 2.43 bits per heavy atom. The van der Waals surface area contributed by atoms with Crippen LogP contribution in [0.4, 0.5) is 4.39 Å². The Kier molecular flexibility index (Phi) is 7.56. The van der Waals surface area contributed by atoms with Crippen molar-refractivity contribution in [2.24, 2.45) is 17.3 Å². The maximum atomic E-state index is 14.3. The molecule has 0 aromatic heterocycles. The van der Waals surface area contributed by atoms with Gasteiger partial charge in [-0.05, 0) is 56.4 Å². The first kappa shape index (κ1) is 26.2. The highest BCUT2D eigenvalue weighted by molar-refractivity contribution is 6.41. The van der Waals surface area contributed by atoms with Gasteiger partial charge in [0.2, 0.25) is 6.10 Å². The Hall–Kier alpha value is -3.37. The number of nitriles is 1. The fraction of sp³-hybridized carbons (Fsp3) is 0.370. The molecule has 3 rings (SSSR count). The number of ether oxygens (including phenoxy) is 3. The average molecular weight is 500 g/mol. The van der Waals surface area contributed by atoms with Crippen LogP contribution in [0.15, 0.2) is 59.6 Å². The maximum absolute atomic E-state index is 14.3. The predicted octanol–water partition coefficient (Wildman–Crippen LogP) is 6.46. The van der Waals surface area contributed by atoms with E-state index in [9.17, 15) is 19.2 Å². The first-order valence-electron chi connectivity index (χ1n) is 11.1. The Labute approximate surface area is 209 Å². The summed E-state index contributed by atoms with van der Waals surface area (Å²) in [6.45, 7) is 8.85. The number of hydrogen-bond acceptors (Lipinski definition) is 6. The Bertz CT molecular complexity index is 1180. The largest absolute Gasteiger partial charge is 0.456 e. The van der Waals surface area contributed by atoms with Crippen molar-refractivity contribution < 1.29 is 28.2 Å². The summed E-state index contributed by atoms with van der Waals surface area (Å²) in [7, 11) is 0. The molecule has 3 atom stereocenters. The molecule has 1 saturated carbocycles. The summed E-state index contributed by atoms with van der Waals surface area (Å²) in [6, 6.07) is 14.4. The number of carbonyl (C=O) groups excluding carboxylic acids is 2. The number of benzene rings is 2. The van der Waals surface area contributed by atoms with Crippen molar-refractivity contribution in [2.75, 3.05) is 0 Å². The summed E-state index contributed by atoms with van der Waals surface area (Å²) < 4.78 is 30.6. The number of para-hydroxylation sites is 1. The van der Waals surface area contributed by atoms with Crippen molar-refractivity contribution in [1.29, 1.82) is 5.26 Å². The first-order valence-corrected chi connectivity index (χ1v) is 11.4. The minimum absolute atomic E-state index is 0.0956. The van der Waals surface area contributed by atoms with E-state index in [0.29, 0.717) is 5.75 Å². The van der Waals surface area contributed by atoms with Crippen LogP contribution < -0.4 is 4.74 Å². The summed E-state index contributed by atoms with van der Waals surface area (Å²) >= 11 is 6.13. The van der Waals surface area contributed by atoms with E-state index in [2.05, 4.69) is 0 Å². The van der Waals surface area contributed by atoms with Gasteiger partial charge in [-0.2, -0.15) is 5.26 Å². The molecule has 0 N–H and O–H groups in total. The van der Waals surface area contributed by atoms with Gasteiger partial charge in [-0.25, -0.2) is 9.18 Å². The average Bonchev–Trinajstić information content (AvgIpc) is 3.32. The van der Waals surface area contributed by atoms with Crippen LogP contribution in [0.2, 0.25) is 0 Å². The van der Waals surface area contributed by atoms with E-state index in [-0.39, 0.29) is 22.3 Å². The summed E-state index contributed by atoms with van der Waals surface area (Å²) in [5.74, 6) is -2.58. The molecule has 1 aliphatic rings. The van der Waals surface area contributed by atoms with Crippen LogP contribution in [0.25, 0.3) is 0 Å². The molecule has 0 radical (unpaired) electrons. The first-order chi connectivity index (χ1) is 16.3. The van der Waals surface area contributed by atoms with Gasteiger partial charge in [-0.1, -0.05) is 55.8 Å². The highest BCUT2D eigenvalue weighted by atomic mass is 35.5. The Morgan fingerprint density at radius 1 is 1.17 bits per heavy atom. The molecule has 1 aliphatic carbocycles. The fourth-order valence-corrected chi connectivity index (χ4v) is 3.90. The van der Waals surface area contributed by atoms with Crippen LogP contribution in [0, 0.1) is 34.4 Å². The second kappa shape index (κ2) is 10.1. The van der Waals surface area contributed by atoms with Gasteiger partial charge in [-0.15, -0.1) is 0 Å². The van der Waals surface area contributed by atoms with Gasteiger partial charge < -0.3 is 14.2 Å². The molecule has 2 aromatic rings. The highest BCUT2D eigenvalue weighted by Gasteiger charge is 2.62. The number of allylic oxidation sites excluding steroid dienone is 1. The minimum Gasteiger partial charge on any atom is -0.456 e. The van der Waals surface area contributed by atoms with Gasteiger partial charge in [0.05, 0.1) is 5.92 Å². The van der Waals surface area contributed by atoms with E-state index < -0.39 is 40.8 Å². The lowest BCUT2D eigenvalue weighted by Crippen LogP contribution is -2.24. The quantitative estimate of drug-likeness (QED) is 0.321. The Morgan fingerprint density at radius 2 is 1.83 bits per heavy atom. The van der Waals surface area contributed by atoms with Crippen molar-refractivity contribution in [3.05, 3.63) is 71.0 Å². The standard InChI is InChI=1S/C27H27ClFNO5/c1-26(2,3)35-24(31)19(28)14-18-23(27(18,4)5)25(32)34-22(15-30)16-11-12-20(29)21(13-16)33-17-9-7-6-8-10-17/h6-14,18,22-23H,1-5H3/t18-,22?,23-/m0/s1. The molecule has 0 spiro atoms. The summed E-state index contributed by atoms with van der Waals surface area (Å²) in [6.07, 6.45) is 0.218. The molecule has 1 fully saturated rings. The lowest BCUT2D eigenvalue weighted by Gasteiger charge is -2.19. The smallest absolute Gasteiger partial charge is 0.349 e. The van der Waals surface area contributed by atoms with Crippen LogP contribution >= 0.6 is 11.6 Å². The minimum atomic E-state index is -1.27. The zero-order valence-corrected chi connectivity index (χ0v) is 20.9. The second-order valence-electron chi connectivity index (χ2n) is 9.89. The van der Waals surface area contributed by atoms with Crippen LogP contribution in [0.5, 0.6) is 11.5 Å². The van der Waals surface area contributed by atoms with Crippen LogP contribution in [0.1, 0.15) is 46.3 Å². The molecule has 0 heterocycles. The van der Waals surface area contributed by atoms with Gasteiger partial charge >= 0.3 is 11.9 Å². The van der Waals surface area contributed by atoms with Gasteiger partial charge in [0.25, 0.3) is 0 Å². The van der Waals surface area contributed by atoms with Crippen molar-refractivity contribution in [2.45, 2.75) is 46.3 Å². The lowest BCUT2D eigenvalue weighted by atomic mass is 10.1. The van der Waals surface area contributed by atoms with Gasteiger partial charge in [0, 0.05) is 5.56 Å². The third kappa shape index (κ3) is 6.40. The number of hydrogen-bond donors (Lipinski definition) is 0. The molecule has 0 saturated heterocycles. The van der Waals surface area contributed by atoms with E-state index in [0.717, 1.165) is 6.07 Å². The summed E-state index contributed by atoms with van der Waals surface area (Å²) in [5, 5.41) is 9.53. The third-order valence-electron chi connectivity index (χ3n) is 5.66. The topological polar surface area (TPSA) is 85.6 Å². The van der Waals surface area contributed by atoms with Gasteiger partial charge in [-0.3, -0.25) is 4.79 Å². The molecule has 2 aromatic carbocycles. The molecule has 0 amide bonds. The van der Waals surface area contributed by atoms with Crippen molar-refractivity contribution in [1.82, 2.24) is 0 Å². The normalized spacial score (nSPS) is 19.8. The summed E-state index contributed by atoms with van der Waals surface area (Å²) in [4.78, 5) is 25.1. The zero-order chi connectivity index (χ0) is 26.0. The molecule has 35 heavy (non-hydrogen) atoms. The van der Waals surface area contributed by atoms with E-state index >= 15 is 0 Å². The molecule has 0 aliphatic heterocycles. The van der Waals surface area contributed by atoms with E-state index in [1.807, 2.05) is 19.9 Å². The predicted molar refractivity (Wildman–Crippen MR) is 128 cm³/mol. The van der Waals surface area contributed by atoms with Gasteiger partial charge in [0.15, 0.2) is 11.6 Å². The molecular formula is C27H27ClFNO5. The zero-order valence-electron chi connectivity index (χ0n) is 20.2. The third-order valence-corrected chi connectivity index (χ3v) is 5.94. The molecule has 1 unspecified atom stereocenters. The van der Waals surface area contributed by atoms with Crippen molar-refractivity contribution in [3.8, 4) is 17.6 Å². The monoisotopic (exact) mass is 499 g/mol. The van der Waals surface area contributed by atoms with E-state index in [1.54, 1.807) is 51.1 Å². The SMILES string of the molecule is CC(C)(C)OC(=O)C(Cl)=C[C@H]1[C@@H](C(=O)OC(C#N)c2ccc(F)c(Oc3ccccc3)c2)C1(C)C. The van der Waals surface area contributed by atoms with Crippen LogP contribution in [-0.2, 0) is 19.1 Å². The molecular weight excluding hydrogens is 473 g/mol. The molecule has 8 heteroatoms. The van der Waals surface area contributed by atoms with Crippen molar-refractivity contribution >= 4 is 23.5 Å². The molecule has 0 bridgehead atoms. The number of rotatable bonds is 7. The van der Waals surface area contributed by atoms with Crippen LogP contribution in [-0.4, -0.2) is 17.5 Å². The Balaban J connectivity index is 1.73. The van der Waals surface area contributed by atoms with Gasteiger partial charge in [0.1, 0.15) is 22.5 Å². The second-order valence-corrected chi connectivity index (χ2v) is 10.3. The number of nitrogens with zero attached hydrogens (tertiary/aromatic N) is 1. The van der Waals surface area contributed by atoms with E-state index in [4.69, 9.17) is 25.8 Å². The number of esters is 2.